The van der Waals surface area contributed by atoms with Crippen LogP contribution in [0.25, 0.3) is 0 Å². The average molecular weight is 247 g/mol. The molecule has 6 nitrogen and oxygen atoms in total. The summed E-state index contributed by atoms with van der Waals surface area (Å²) in [5, 5.41) is 15.9. The summed E-state index contributed by atoms with van der Waals surface area (Å²) >= 11 is 0. The Hall–Kier alpha value is -2.37. The highest BCUT2D eigenvalue weighted by Crippen LogP contribution is 2.19. The zero-order valence-electron chi connectivity index (χ0n) is 10.1. The van der Waals surface area contributed by atoms with E-state index < -0.39 is 5.97 Å². The zero-order chi connectivity index (χ0) is 13.1. The van der Waals surface area contributed by atoms with Gasteiger partial charge in [0.15, 0.2) is 0 Å². The van der Waals surface area contributed by atoms with Crippen molar-refractivity contribution in [3.63, 3.8) is 0 Å². The van der Waals surface area contributed by atoms with E-state index in [0.29, 0.717) is 23.6 Å². The van der Waals surface area contributed by atoms with Crippen LogP contribution in [0.15, 0.2) is 22.9 Å². The molecule has 2 aromatic rings. The molecule has 0 spiro atoms. The van der Waals surface area contributed by atoms with Crippen molar-refractivity contribution in [3.8, 4) is 0 Å². The zero-order valence-corrected chi connectivity index (χ0v) is 10.1. The summed E-state index contributed by atoms with van der Waals surface area (Å²) in [6, 6.07) is 3.45. The van der Waals surface area contributed by atoms with E-state index >= 15 is 0 Å². The fourth-order valence-electron chi connectivity index (χ4n) is 1.74. The highest BCUT2D eigenvalue weighted by Gasteiger charge is 2.15. The maximum Gasteiger partial charge on any atom is 0.339 e. The molecule has 0 unspecified atom stereocenters. The van der Waals surface area contributed by atoms with Crippen LogP contribution in [0.4, 0.5) is 5.82 Å². The first-order valence-corrected chi connectivity index (χ1v) is 5.42. The number of aromatic carboxylic acids is 1. The molecule has 0 saturated carbocycles. The van der Waals surface area contributed by atoms with E-state index in [1.165, 1.54) is 6.26 Å². The molecule has 18 heavy (non-hydrogen) atoms. The highest BCUT2D eigenvalue weighted by molar-refractivity contribution is 5.94. The summed E-state index contributed by atoms with van der Waals surface area (Å²) in [4.78, 5) is 15.4. The molecule has 0 amide bonds. The molecule has 0 radical (unpaired) electrons. The number of carboxylic acids is 1. The summed E-state index contributed by atoms with van der Waals surface area (Å²) in [7, 11) is 0. The van der Waals surface area contributed by atoms with Crippen molar-refractivity contribution in [1.29, 1.82) is 0 Å². The summed E-state index contributed by atoms with van der Waals surface area (Å²) in [5.74, 6) is -0.648. The van der Waals surface area contributed by atoms with Crippen LogP contribution in [-0.2, 0) is 6.54 Å². The number of hydrogen-bond acceptors (Lipinski definition) is 5. The van der Waals surface area contributed by atoms with Crippen LogP contribution in [0.3, 0.4) is 0 Å². The lowest BCUT2D eigenvalue weighted by Gasteiger charge is -2.10. The van der Waals surface area contributed by atoms with Gasteiger partial charge in [0.05, 0.1) is 6.54 Å². The first-order chi connectivity index (χ1) is 8.58. The van der Waals surface area contributed by atoms with Crippen LogP contribution < -0.4 is 5.32 Å². The van der Waals surface area contributed by atoms with Crippen LogP contribution in [0.2, 0.25) is 0 Å². The molecule has 0 aliphatic carbocycles. The molecular weight excluding hydrogens is 234 g/mol. The summed E-state index contributed by atoms with van der Waals surface area (Å²) < 4.78 is 4.70. The predicted molar refractivity (Wildman–Crippen MR) is 64.5 cm³/mol. The fraction of sp³-hybridized carbons (Fsp3) is 0.250. The van der Waals surface area contributed by atoms with E-state index in [-0.39, 0.29) is 5.56 Å². The van der Waals surface area contributed by atoms with Gasteiger partial charge in [-0.15, -0.1) is 0 Å². The van der Waals surface area contributed by atoms with Crippen LogP contribution in [-0.4, -0.2) is 21.2 Å². The number of aromatic nitrogens is 2. The molecule has 6 heteroatoms. The normalized spacial score (nSPS) is 10.3. The highest BCUT2D eigenvalue weighted by atomic mass is 16.5. The molecule has 94 valence electrons. The van der Waals surface area contributed by atoms with E-state index in [2.05, 4.69) is 15.5 Å². The van der Waals surface area contributed by atoms with Crippen LogP contribution in [0.5, 0.6) is 0 Å². The Morgan fingerprint density at radius 2 is 2.28 bits per heavy atom. The molecule has 2 N–H and O–H groups in total. The molecule has 0 fully saturated rings. The molecule has 2 heterocycles. The maximum atomic E-state index is 11.2. The minimum absolute atomic E-state index is 0.184. The van der Waals surface area contributed by atoms with Crippen molar-refractivity contribution < 1.29 is 14.4 Å². The van der Waals surface area contributed by atoms with Gasteiger partial charge in [-0.05, 0) is 25.5 Å². The summed E-state index contributed by atoms with van der Waals surface area (Å²) in [5.41, 5.74) is 2.31. The quantitative estimate of drug-likeness (QED) is 0.859. The van der Waals surface area contributed by atoms with Gasteiger partial charge in [0.1, 0.15) is 23.3 Å². The number of rotatable bonds is 4. The Morgan fingerprint density at radius 3 is 2.89 bits per heavy atom. The van der Waals surface area contributed by atoms with Gasteiger partial charge in [0, 0.05) is 11.8 Å². The van der Waals surface area contributed by atoms with E-state index in [1.807, 2.05) is 6.92 Å². The smallest absolute Gasteiger partial charge is 0.339 e. The number of aryl methyl sites for hydroxylation is 2. The molecular formula is C12H13N3O3. The van der Waals surface area contributed by atoms with E-state index in [0.717, 1.165) is 5.69 Å². The van der Waals surface area contributed by atoms with Crippen molar-refractivity contribution in [2.24, 2.45) is 0 Å². The third-order valence-corrected chi connectivity index (χ3v) is 2.49. The number of nitrogens with one attached hydrogen (secondary N) is 1. The molecule has 0 saturated heterocycles. The lowest BCUT2D eigenvalue weighted by atomic mass is 10.1. The fourth-order valence-corrected chi connectivity index (χ4v) is 1.74. The topological polar surface area (TPSA) is 88.2 Å². The summed E-state index contributed by atoms with van der Waals surface area (Å²) in [6.07, 6.45) is 1.46. The number of hydrogen-bond donors (Lipinski definition) is 2. The number of anilines is 1. The molecule has 0 aliphatic heterocycles. The average Bonchev–Trinajstić information content (AvgIpc) is 2.77. The second kappa shape index (κ2) is 4.87. The van der Waals surface area contributed by atoms with Crippen molar-refractivity contribution >= 4 is 11.8 Å². The third kappa shape index (κ3) is 2.48. The Bertz CT molecular complexity index is 564. The number of nitrogens with zero attached hydrogens (tertiary/aromatic N) is 2. The van der Waals surface area contributed by atoms with Gasteiger partial charge in [0.25, 0.3) is 0 Å². The Labute approximate surface area is 104 Å². The van der Waals surface area contributed by atoms with Gasteiger partial charge in [-0.1, -0.05) is 5.16 Å². The summed E-state index contributed by atoms with van der Waals surface area (Å²) in [6.45, 7) is 3.94. The van der Waals surface area contributed by atoms with Crippen molar-refractivity contribution in [1.82, 2.24) is 10.1 Å². The Morgan fingerprint density at radius 1 is 1.50 bits per heavy atom. The van der Waals surface area contributed by atoms with Crippen molar-refractivity contribution in [2.75, 3.05) is 5.32 Å². The van der Waals surface area contributed by atoms with E-state index in [9.17, 15) is 9.90 Å². The van der Waals surface area contributed by atoms with Crippen molar-refractivity contribution in [3.05, 3.63) is 40.9 Å². The monoisotopic (exact) mass is 247 g/mol. The predicted octanol–water partition coefficient (Wildman–Crippen LogP) is 2.00. The number of carboxylic acid groups (broad SMARTS) is 1. The number of pyridine rings is 1. The maximum absolute atomic E-state index is 11.2. The van der Waals surface area contributed by atoms with Gasteiger partial charge in [0.2, 0.25) is 0 Å². The number of carbonyl (C=O) groups is 1. The van der Waals surface area contributed by atoms with Crippen molar-refractivity contribution in [2.45, 2.75) is 20.4 Å². The standard InChI is InChI=1S/C12H13N3O3/c1-7-5-8(2)14-11(10(7)12(16)17)13-6-9-3-4-18-15-9/h3-5H,6H2,1-2H3,(H,13,14)(H,16,17). The minimum Gasteiger partial charge on any atom is -0.478 e. The van der Waals surface area contributed by atoms with Gasteiger partial charge in [-0.2, -0.15) is 0 Å². The van der Waals surface area contributed by atoms with Gasteiger partial charge in [-0.3, -0.25) is 0 Å². The van der Waals surface area contributed by atoms with Gasteiger partial charge >= 0.3 is 5.97 Å². The lowest BCUT2D eigenvalue weighted by molar-refractivity contribution is 0.0697. The molecule has 2 aromatic heterocycles. The molecule has 0 atom stereocenters. The minimum atomic E-state index is -0.998. The van der Waals surface area contributed by atoms with Gasteiger partial charge < -0.3 is 14.9 Å². The first kappa shape index (κ1) is 12.1. The van der Waals surface area contributed by atoms with E-state index in [1.54, 1.807) is 19.1 Å². The van der Waals surface area contributed by atoms with Gasteiger partial charge in [-0.25, -0.2) is 9.78 Å². The molecule has 0 aliphatic rings. The SMILES string of the molecule is Cc1cc(C)c(C(=O)O)c(NCc2ccon2)n1. The molecule has 2 rings (SSSR count). The largest absolute Gasteiger partial charge is 0.478 e. The molecule has 0 aromatic carbocycles. The third-order valence-electron chi connectivity index (χ3n) is 2.49. The second-order valence-corrected chi connectivity index (χ2v) is 3.95. The lowest BCUT2D eigenvalue weighted by Crippen LogP contribution is -2.11. The Kier molecular flexibility index (Phi) is 3.27. The van der Waals surface area contributed by atoms with E-state index in [4.69, 9.17) is 4.52 Å². The Balaban J connectivity index is 2.28. The van der Waals surface area contributed by atoms with Crippen LogP contribution in [0.1, 0.15) is 27.3 Å². The van der Waals surface area contributed by atoms with Crippen LogP contribution in [0, 0.1) is 13.8 Å². The first-order valence-electron chi connectivity index (χ1n) is 5.42. The van der Waals surface area contributed by atoms with Crippen LogP contribution >= 0.6 is 0 Å². The second-order valence-electron chi connectivity index (χ2n) is 3.95. The molecule has 0 bridgehead atoms.